The fourth-order valence-corrected chi connectivity index (χ4v) is 2.97. The molecule has 2 aliphatic rings. The van der Waals surface area contributed by atoms with Crippen LogP contribution in [0.25, 0.3) is 0 Å². The molecule has 2 atom stereocenters. The maximum absolute atomic E-state index is 11.4. The molecule has 0 saturated carbocycles. The molecule has 0 bridgehead atoms. The molecular weight excluding hydrogens is 214 g/mol. The summed E-state index contributed by atoms with van der Waals surface area (Å²) in [6, 6.07) is 1.41. The van der Waals surface area contributed by atoms with E-state index in [0.29, 0.717) is 6.04 Å². The second-order valence-electron chi connectivity index (χ2n) is 5.54. The van der Waals surface area contributed by atoms with Gasteiger partial charge in [0.1, 0.15) is 0 Å². The van der Waals surface area contributed by atoms with Crippen LogP contribution < -0.4 is 10.6 Å². The summed E-state index contributed by atoms with van der Waals surface area (Å²) in [7, 11) is 0. The van der Waals surface area contributed by atoms with Crippen molar-refractivity contribution in [2.75, 3.05) is 26.2 Å². The van der Waals surface area contributed by atoms with Crippen molar-refractivity contribution in [3.63, 3.8) is 0 Å². The molecular formula is C13H25N3O. The predicted octanol–water partition coefficient (Wildman–Crippen LogP) is 0.585. The van der Waals surface area contributed by atoms with Gasteiger partial charge in [0.2, 0.25) is 5.91 Å². The molecule has 2 aliphatic heterocycles. The predicted molar refractivity (Wildman–Crippen MR) is 68.9 cm³/mol. The number of rotatable bonds is 5. The summed E-state index contributed by atoms with van der Waals surface area (Å²) in [5.74, 6) is 0.243. The highest BCUT2D eigenvalue weighted by Gasteiger charge is 2.36. The molecule has 0 aromatic carbocycles. The van der Waals surface area contributed by atoms with Crippen molar-refractivity contribution in [1.82, 2.24) is 15.5 Å². The number of amides is 1. The number of hydrogen-bond acceptors (Lipinski definition) is 3. The van der Waals surface area contributed by atoms with E-state index in [1.165, 1.54) is 32.4 Å². The largest absolute Gasteiger partial charge is 0.355 e. The standard InChI is InChI=1S/C13H25N3O/c1-10(2)13(17)15-7-6-14-11-5-9-16-8-3-4-12(11)16/h10-12,14H,3-9H2,1-2H3,(H,15,17). The molecule has 2 fully saturated rings. The lowest BCUT2D eigenvalue weighted by Crippen LogP contribution is -2.43. The average Bonchev–Trinajstić information content (AvgIpc) is 2.87. The van der Waals surface area contributed by atoms with Crippen LogP contribution in [0, 0.1) is 5.92 Å². The lowest BCUT2D eigenvalue weighted by molar-refractivity contribution is -0.123. The Labute approximate surface area is 104 Å². The Hall–Kier alpha value is -0.610. The molecule has 2 saturated heterocycles. The molecule has 2 N–H and O–H groups in total. The van der Waals surface area contributed by atoms with Crippen LogP contribution in [-0.2, 0) is 4.79 Å². The molecule has 4 nitrogen and oxygen atoms in total. The highest BCUT2D eigenvalue weighted by molar-refractivity contribution is 5.77. The van der Waals surface area contributed by atoms with E-state index in [0.717, 1.165) is 19.1 Å². The third-order valence-electron chi connectivity index (χ3n) is 3.96. The Morgan fingerprint density at radius 1 is 1.29 bits per heavy atom. The van der Waals surface area contributed by atoms with Gasteiger partial charge >= 0.3 is 0 Å². The van der Waals surface area contributed by atoms with Gasteiger partial charge in [-0.1, -0.05) is 13.8 Å². The normalized spacial score (nSPS) is 28.6. The van der Waals surface area contributed by atoms with Crippen LogP contribution >= 0.6 is 0 Å². The lowest BCUT2D eigenvalue weighted by Gasteiger charge is -2.21. The average molecular weight is 239 g/mol. The van der Waals surface area contributed by atoms with Crippen molar-refractivity contribution in [2.24, 2.45) is 5.92 Å². The Kier molecular flexibility index (Phi) is 4.40. The Morgan fingerprint density at radius 3 is 2.88 bits per heavy atom. The number of fused-ring (bicyclic) bond motifs is 1. The first-order valence-corrected chi connectivity index (χ1v) is 6.93. The first kappa shape index (κ1) is 12.8. The molecule has 0 radical (unpaired) electrons. The van der Waals surface area contributed by atoms with Crippen LogP contribution in [0.5, 0.6) is 0 Å². The maximum Gasteiger partial charge on any atom is 0.222 e. The number of carbonyl (C=O) groups is 1. The van der Waals surface area contributed by atoms with Crippen LogP contribution in [0.15, 0.2) is 0 Å². The molecule has 2 rings (SSSR count). The van der Waals surface area contributed by atoms with E-state index in [-0.39, 0.29) is 11.8 Å². The summed E-state index contributed by atoms with van der Waals surface area (Å²) in [5, 5.41) is 6.54. The quantitative estimate of drug-likeness (QED) is 0.690. The van der Waals surface area contributed by atoms with Crippen LogP contribution in [0.1, 0.15) is 33.1 Å². The van der Waals surface area contributed by atoms with Crippen molar-refractivity contribution in [1.29, 1.82) is 0 Å². The van der Waals surface area contributed by atoms with Crippen molar-refractivity contribution >= 4 is 5.91 Å². The summed E-state index contributed by atoms with van der Waals surface area (Å²) < 4.78 is 0. The smallest absolute Gasteiger partial charge is 0.222 e. The van der Waals surface area contributed by atoms with Crippen LogP contribution in [0.2, 0.25) is 0 Å². The highest BCUT2D eigenvalue weighted by Crippen LogP contribution is 2.27. The Bertz CT molecular complexity index is 267. The molecule has 0 aromatic rings. The van der Waals surface area contributed by atoms with Crippen molar-refractivity contribution in [2.45, 2.75) is 45.2 Å². The molecule has 0 aliphatic carbocycles. The minimum atomic E-state index is 0.0896. The molecule has 98 valence electrons. The van der Waals surface area contributed by atoms with Crippen molar-refractivity contribution in [3.05, 3.63) is 0 Å². The van der Waals surface area contributed by atoms with E-state index in [4.69, 9.17) is 0 Å². The van der Waals surface area contributed by atoms with Gasteiger partial charge in [-0.15, -0.1) is 0 Å². The third kappa shape index (κ3) is 3.19. The van der Waals surface area contributed by atoms with Gasteiger partial charge in [-0.3, -0.25) is 9.69 Å². The zero-order chi connectivity index (χ0) is 12.3. The van der Waals surface area contributed by atoms with E-state index < -0.39 is 0 Å². The first-order chi connectivity index (χ1) is 8.18. The molecule has 17 heavy (non-hydrogen) atoms. The number of nitrogens with zero attached hydrogens (tertiary/aromatic N) is 1. The van der Waals surface area contributed by atoms with Crippen molar-refractivity contribution in [3.8, 4) is 0 Å². The van der Waals surface area contributed by atoms with E-state index >= 15 is 0 Å². The van der Waals surface area contributed by atoms with E-state index in [1.807, 2.05) is 13.8 Å². The fraction of sp³-hybridized carbons (Fsp3) is 0.923. The molecule has 2 heterocycles. The van der Waals surface area contributed by atoms with Gasteiger partial charge in [-0.2, -0.15) is 0 Å². The van der Waals surface area contributed by atoms with E-state index in [9.17, 15) is 4.79 Å². The van der Waals surface area contributed by atoms with E-state index in [2.05, 4.69) is 15.5 Å². The van der Waals surface area contributed by atoms with Gasteiger partial charge < -0.3 is 10.6 Å². The second-order valence-corrected chi connectivity index (χ2v) is 5.54. The molecule has 1 amide bonds. The van der Waals surface area contributed by atoms with Gasteiger partial charge in [-0.05, 0) is 25.8 Å². The van der Waals surface area contributed by atoms with Crippen LogP contribution in [0.3, 0.4) is 0 Å². The third-order valence-corrected chi connectivity index (χ3v) is 3.96. The number of hydrogen-bond donors (Lipinski definition) is 2. The maximum atomic E-state index is 11.4. The van der Waals surface area contributed by atoms with Gasteiger partial charge in [0.25, 0.3) is 0 Å². The summed E-state index contributed by atoms with van der Waals surface area (Å²) in [6.07, 6.45) is 3.96. The fourth-order valence-electron chi connectivity index (χ4n) is 2.97. The number of nitrogens with one attached hydrogen (secondary N) is 2. The molecule has 2 unspecified atom stereocenters. The zero-order valence-electron chi connectivity index (χ0n) is 11.0. The number of carbonyl (C=O) groups excluding carboxylic acids is 1. The summed E-state index contributed by atoms with van der Waals surface area (Å²) in [5.41, 5.74) is 0. The molecule has 0 aromatic heterocycles. The topological polar surface area (TPSA) is 44.4 Å². The van der Waals surface area contributed by atoms with Gasteiger partial charge in [0.15, 0.2) is 0 Å². The first-order valence-electron chi connectivity index (χ1n) is 6.93. The van der Waals surface area contributed by atoms with Gasteiger partial charge in [0.05, 0.1) is 0 Å². The molecule has 4 heteroatoms. The van der Waals surface area contributed by atoms with Crippen LogP contribution in [0.4, 0.5) is 0 Å². The SMILES string of the molecule is CC(C)C(=O)NCCNC1CCN2CCCC12. The lowest BCUT2D eigenvalue weighted by atomic mass is 10.1. The minimum Gasteiger partial charge on any atom is -0.355 e. The van der Waals surface area contributed by atoms with Crippen LogP contribution in [-0.4, -0.2) is 49.1 Å². The Morgan fingerprint density at radius 2 is 2.12 bits per heavy atom. The molecule has 0 spiro atoms. The summed E-state index contributed by atoms with van der Waals surface area (Å²) in [6.45, 7) is 8.04. The highest BCUT2D eigenvalue weighted by atomic mass is 16.1. The summed E-state index contributed by atoms with van der Waals surface area (Å²) >= 11 is 0. The Balaban J connectivity index is 1.61. The van der Waals surface area contributed by atoms with E-state index in [1.54, 1.807) is 0 Å². The monoisotopic (exact) mass is 239 g/mol. The van der Waals surface area contributed by atoms with Gasteiger partial charge in [-0.25, -0.2) is 0 Å². The summed E-state index contributed by atoms with van der Waals surface area (Å²) in [4.78, 5) is 14.0. The van der Waals surface area contributed by atoms with Crippen molar-refractivity contribution < 1.29 is 4.79 Å². The minimum absolute atomic E-state index is 0.0896. The zero-order valence-corrected chi connectivity index (χ0v) is 11.0. The van der Waals surface area contributed by atoms with Gasteiger partial charge in [0, 0.05) is 37.6 Å². The second kappa shape index (κ2) is 5.83.